The van der Waals surface area contributed by atoms with Gasteiger partial charge in [-0.15, -0.1) is 11.3 Å². The zero-order valence-corrected chi connectivity index (χ0v) is 16.0. The maximum absolute atomic E-state index is 13.9. The van der Waals surface area contributed by atoms with Crippen molar-refractivity contribution in [2.45, 2.75) is 12.8 Å². The molecule has 2 aromatic carbocycles. The second kappa shape index (κ2) is 7.94. The quantitative estimate of drug-likeness (QED) is 0.415. The first-order valence-electron chi connectivity index (χ1n) is 9.07. The number of ketones is 1. The molecule has 0 saturated carbocycles. The van der Waals surface area contributed by atoms with Crippen LogP contribution in [0.25, 0.3) is 11.3 Å². The molecular formula is C21H16F4N2OS. The summed E-state index contributed by atoms with van der Waals surface area (Å²) in [5, 5.41) is 2.65. The number of nitrogens with zero attached hydrogens (tertiary/aromatic N) is 2. The molecule has 1 aliphatic heterocycles. The van der Waals surface area contributed by atoms with Crippen LogP contribution in [-0.4, -0.2) is 23.9 Å². The summed E-state index contributed by atoms with van der Waals surface area (Å²) in [5.74, 6) is -4.86. The van der Waals surface area contributed by atoms with Crippen molar-refractivity contribution < 1.29 is 22.4 Å². The van der Waals surface area contributed by atoms with Gasteiger partial charge in [-0.05, 0) is 37.1 Å². The third-order valence-electron chi connectivity index (χ3n) is 5.02. The third-order valence-corrected chi connectivity index (χ3v) is 5.92. The van der Waals surface area contributed by atoms with E-state index in [9.17, 15) is 22.4 Å². The highest BCUT2D eigenvalue weighted by molar-refractivity contribution is 7.14. The summed E-state index contributed by atoms with van der Waals surface area (Å²) >= 11 is 1.44. The van der Waals surface area contributed by atoms with Crippen LogP contribution in [0.4, 0.5) is 22.7 Å². The van der Waals surface area contributed by atoms with E-state index in [1.807, 2.05) is 10.3 Å². The van der Waals surface area contributed by atoms with Crippen LogP contribution < -0.4 is 4.90 Å². The molecule has 3 nitrogen and oxygen atoms in total. The first-order chi connectivity index (χ1) is 13.9. The maximum atomic E-state index is 13.9. The minimum Gasteiger partial charge on any atom is -0.348 e. The minimum absolute atomic E-state index is 0.315. The molecule has 1 fully saturated rings. The summed E-state index contributed by atoms with van der Waals surface area (Å²) < 4.78 is 54.0. The predicted octanol–water partition coefficient (Wildman–Crippen LogP) is 5.47. The Morgan fingerprint density at radius 1 is 0.966 bits per heavy atom. The van der Waals surface area contributed by atoms with E-state index < -0.39 is 34.7 Å². The molecule has 0 bridgehead atoms. The smallest absolute Gasteiger partial charge is 0.185 e. The van der Waals surface area contributed by atoms with Crippen LogP contribution >= 0.6 is 11.3 Å². The Kier molecular flexibility index (Phi) is 5.36. The van der Waals surface area contributed by atoms with Gasteiger partial charge in [0.05, 0.1) is 11.3 Å². The van der Waals surface area contributed by atoms with Crippen molar-refractivity contribution in [2.24, 2.45) is 5.92 Å². The Morgan fingerprint density at radius 2 is 1.59 bits per heavy atom. The van der Waals surface area contributed by atoms with Gasteiger partial charge in [-0.3, -0.25) is 4.79 Å². The Labute approximate surface area is 168 Å². The lowest BCUT2D eigenvalue weighted by atomic mass is 9.88. The number of aromatic nitrogens is 1. The number of Topliss-reactive ketones (excluding diaryl/α,β-unsaturated/α-hetero) is 1. The summed E-state index contributed by atoms with van der Waals surface area (Å²) in [6, 6.07) is 7.12. The van der Waals surface area contributed by atoms with Gasteiger partial charge in [0.1, 0.15) is 23.3 Å². The van der Waals surface area contributed by atoms with Crippen LogP contribution in [0.2, 0.25) is 0 Å². The fourth-order valence-corrected chi connectivity index (χ4v) is 4.37. The molecule has 0 N–H and O–H groups in total. The van der Waals surface area contributed by atoms with Gasteiger partial charge in [0, 0.05) is 42.1 Å². The molecule has 0 spiro atoms. The number of anilines is 1. The summed E-state index contributed by atoms with van der Waals surface area (Å²) in [7, 11) is 0. The summed E-state index contributed by atoms with van der Waals surface area (Å²) in [6.07, 6.45) is 0.834. The highest BCUT2D eigenvalue weighted by Gasteiger charge is 2.30. The monoisotopic (exact) mass is 420 g/mol. The zero-order chi connectivity index (χ0) is 20.5. The maximum Gasteiger partial charge on any atom is 0.185 e. The molecule has 0 amide bonds. The number of hydrogen-bond donors (Lipinski definition) is 0. The second-order valence-electron chi connectivity index (χ2n) is 6.89. The first kappa shape index (κ1) is 19.6. The van der Waals surface area contributed by atoms with Crippen LogP contribution in [0.15, 0.2) is 41.8 Å². The lowest BCUT2D eigenvalue weighted by molar-refractivity contribution is 0.0891. The number of hydrogen-bond acceptors (Lipinski definition) is 4. The minimum atomic E-state index is -1.17. The SMILES string of the molecule is O=C(c1c(F)cc(F)cc1F)C1CCN(c2nc(-c3ccc(F)cc3)cs2)CC1. The second-order valence-corrected chi connectivity index (χ2v) is 7.73. The largest absolute Gasteiger partial charge is 0.348 e. The van der Waals surface area contributed by atoms with E-state index in [2.05, 4.69) is 4.98 Å². The van der Waals surface area contributed by atoms with Crippen LogP contribution in [0.3, 0.4) is 0 Å². The standard InChI is InChI=1S/C21H16F4N2OS/c22-14-3-1-12(2-4-14)18-11-29-21(26-18)27-7-5-13(6-8-27)20(28)19-16(24)9-15(23)10-17(19)25/h1-4,9-11,13H,5-8H2. The Bertz CT molecular complexity index is 1020. The predicted molar refractivity (Wildman–Crippen MR) is 103 cm³/mol. The van der Waals surface area contributed by atoms with Gasteiger partial charge in [-0.25, -0.2) is 22.5 Å². The van der Waals surface area contributed by atoms with Gasteiger partial charge in [0.2, 0.25) is 0 Å². The molecule has 0 unspecified atom stereocenters. The fourth-order valence-electron chi connectivity index (χ4n) is 3.48. The number of benzene rings is 2. The lowest BCUT2D eigenvalue weighted by Crippen LogP contribution is -2.36. The molecular weight excluding hydrogens is 404 g/mol. The number of thiazole rings is 1. The molecule has 150 valence electrons. The van der Waals surface area contributed by atoms with Gasteiger partial charge in [0.15, 0.2) is 10.9 Å². The third kappa shape index (κ3) is 4.03. The van der Waals surface area contributed by atoms with E-state index in [4.69, 9.17) is 0 Å². The van der Waals surface area contributed by atoms with Gasteiger partial charge in [-0.2, -0.15) is 0 Å². The lowest BCUT2D eigenvalue weighted by Gasteiger charge is -2.31. The van der Waals surface area contributed by atoms with Gasteiger partial charge >= 0.3 is 0 Å². The number of rotatable bonds is 4. The van der Waals surface area contributed by atoms with E-state index in [0.29, 0.717) is 38.1 Å². The van der Waals surface area contributed by atoms with Crippen LogP contribution in [0.5, 0.6) is 0 Å². The van der Waals surface area contributed by atoms with Crippen molar-refractivity contribution in [3.63, 3.8) is 0 Å². The topological polar surface area (TPSA) is 33.2 Å². The van der Waals surface area contributed by atoms with Crippen molar-refractivity contribution in [3.8, 4) is 11.3 Å². The molecule has 1 aromatic heterocycles. The van der Waals surface area contributed by atoms with Crippen molar-refractivity contribution >= 4 is 22.3 Å². The van der Waals surface area contributed by atoms with Crippen LogP contribution in [-0.2, 0) is 0 Å². The molecule has 0 aliphatic carbocycles. The summed E-state index contributed by atoms with van der Waals surface area (Å²) in [6.45, 7) is 1.02. The van der Waals surface area contributed by atoms with Crippen molar-refractivity contribution in [2.75, 3.05) is 18.0 Å². The van der Waals surface area contributed by atoms with Gasteiger partial charge in [0.25, 0.3) is 0 Å². The number of piperidine rings is 1. The summed E-state index contributed by atoms with van der Waals surface area (Å²) in [5.41, 5.74) is 0.873. The molecule has 8 heteroatoms. The van der Waals surface area contributed by atoms with E-state index in [1.54, 1.807) is 12.1 Å². The highest BCUT2D eigenvalue weighted by Crippen LogP contribution is 2.32. The molecule has 1 aliphatic rings. The average molecular weight is 420 g/mol. The highest BCUT2D eigenvalue weighted by atomic mass is 32.1. The van der Waals surface area contributed by atoms with Crippen molar-refractivity contribution in [1.82, 2.24) is 4.98 Å². The molecule has 0 radical (unpaired) electrons. The van der Waals surface area contributed by atoms with E-state index in [1.165, 1.54) is 23.5 Å². The fraction of sp³-hybridized carbons (Fsp3) is 0.238. The average Bonchev–Trinajstić information content (AvgIpc) is 3.18. The van der Waals surface area contributed by atoms with Gasteiger partial charge < -0.3 is 4.90 Å². The van der Waals surface area contributed by atoms with E-state index in [0.717, 1.165) is 16.4 Å². The molecule has 29 heavy (non-hydrogen) atoms. The van der Waals surface area contributed by atoms with Crippen molar-refractivity contribution in [1.29, 1.82) is 0 Å². The Balaban J connectivity index is 1.44. The normalized spacial score (nSPS) is 15.0. The van der Waals surface area contributed by atoms with Crippen LogP contribution in [0, 0.1) is 29.2 Å². The first-order valence-corrected chi connectivity index (χ1v) is 9.95. The number of carbonyl (C=O) groups is 1. The zero-order valence-electron chi connectivity index (χ0n) is 15.2. The number of carbonyl (C=O) groups excluding carboxylic acids is 1. The molecule has 3 aromatic rings. The molecule has 4 rings (SSSR count). The van der Waals surface area contributed by atoms with Crippen molar-refractivity contribution in [3.05, 3.63) is 70.6 Å². The molecule has 0 atom stereocenters. The van der Waals surface area contributed by atoms with E-state index in [-0.39, 0.29) is 5.82 Å². The Hall–Kier alpha value is -2.74. The van der Waals surface area contributed by atoms with Crippen LogP contribution in [0.1, 0.15) is 23.2 Å². The molecule has 1 saturated heterocycles. The van der Waals surface area contributed by atoms with E-state index >= 15 is 0 Å². The summed E-state index contributed by atoms with van der Waals surface area (Å²) in [4.78, 5) is 19.1. The Morgan fingerprint density at radius 3 is 2.21 bits per heavy atom. The van der Waals surface area contributed by atoms with Gasteiger partial charge in [-0.1, -0.05) is 0 Å². The number of halogens is 4. The molecule has 2 heterocycles.